The third-order valence-corrected chi connectivity index (χ3v) is 7.14. The molecule has 1 aliphatic rings. The summed E-state index contributed by atoms with van der Waals surface area (Å²) in [6.07, 6.45) is -1.02. The van der Waals surface area contributed by atoms with Crippen LogP contribution in [0.4, 0.5) is 11.4 Å². The number of sulfone groups is 1. The number of anilines is 2. The lowest BCUT2D eigenvalue weighted by molar-refractivity contribution is -0.139. The van der Waals surface area contributed by atoms with Crippen molar-refractivity contribution in [2.24, 2.45) is 0 Å². The highest BCUT2D eigenvalue weighted by molar-refractivity contribution is 7.94. The van der Waals surface area contributed by atoms with Crippen LogP contribution < -0.4 is 10.6 Å². The number of nitrogens with one attached hydrogen (secondary N) is 2. The quantitative estimate of drug-likeness (QED) is 0.708. The standard InChI is InChI=1S/C16H12Cl2N2O5S/c17-9-4-3-7-12(14(9)18)26(24,25)16(8-13(21)22)15(23)19-10-5-1-2-6-11(10)20-16/h1-7,20H,8H2,(H,19,23)(H,21,22)/t16-/m0/s1. The lowest BCUT2D eigenvalue weighted by Crippen LogP contribution is -2.59. The molecular formula is C16H12Cl2N2O5S. The Bertz CT molecular complexity index is 1030. The zero-order chi connectivity index (χ0) is 19.1. The molecule has 2 aromatic rings. The number of aliphatic carboxylic acids is 1. The Morgan fingerprint density at radius 2 is 1.73 bits per heavy atom. The fourth-order valence-electron chi connectivity index (χ4n) is 2.70. The van der Waals surface area contributed by atoms with Gasteiger partial charge >= 0.3 is 5.97 Å². The Labute approximate surface area is 158 Å². The molecule has 0 saturated carbocycles. The van der Waals surface area contributed by atoms with E-state index >= 15 is 0 Å². The number of fused-ring (bicyclic) bond motifs is 1. The van der Waals surface area contributed by atoms with Crippen LogP contribution in [0.3, 0.4) is 0 Å². The van der Waals surface area contributed by atoms with Crippen molar-refractivity contribution >= 4 is 56.3 Å². The predicted octanol–water partition coefficient (Wildman–Crippen LogP) is 3.00. The van der Waals surface area contributed by atoms with Crippen LogP contribution in [0.25, 0.3) is 0 Å². The Hall–Kier alpha value is -2.29. The molecule has 0 saturated heterocycles. The van der Waals surface area contributed by atoms with Crippen LogP contribution in [-0.2, 0) is 19.4 Å². The van der Waals surface area contributed by atoms with Gasteiger partial charge < -0.3 is 15.7 Å². The SMILES string of the molecule is O=C(O)C[C@@]1(S(=O)(=O)c2cccc(Cl)c2Cl)Nc2ccccc2NC1=O. The van der Waals surface area contributed by atoms with Gasteiger partial charge in [-0.15, -0.1) is 0 Å². The van der Waals surface area contributed by atoms with E-state index in [2.05, 4.69) is 10.6 Å². The van der Waals surface area contributed by atoms with Gasteiger partial charge in [0.25, 0.3) is 5.91 Å². The molecule has 0 unspecified atom stereocenters. The Morgan fingerprint density at radius 1 is 1.08 bits per heavy atom. The maximum absolute atomic E-state index is 13.3. The number of benzene rings is 2. The molecule has 0 spiro atoms. The molecule has 0 radical (unpaired) electrons. The van der Waals surface area contributed by atoms with Gasteiger partial charge in [-0.25, -0.2) is 8.42 Å². The van der Waals surface area contributed by atoms with Crippen LogP contribution in [0.1, 0.15) is 6.42 Å². The highest BCUT2D eigenvalue weighted by Crippen LogP contribution is 2.41. The maximum Gasteiger partial charge on any atom is 0.307 e. The number of para-hydroxylation sites is 2. The summed E-state index contributed by atoms with van der Waals surface area (Å²) in [7, 11) is -4.58. The van der Waals surface area contributed by atoms with E-state index in [1.807, 2.05) is 0 Å². The van der Waals surface area contributed by atoms with Crippen LogP contribution in [0.2, 0.25) is 10.0 Å². The smallest absolute Gasteiger partial charge is 0.307 e. The molecule has 2 aromatic carbocycles. The summed E-state index contributed by atoms with van der Waals surface area (Å²) in [5, 5.41) is 14.0. The van der Waals surface area contributed by atoms with E-state index in [0.29, 0.717) is 5.69 Å². The zero-order valence-electron chi connectivity index (χ0n) is 13.0. The maximum atomic E-state index is 13.3. The molecule has 0 bridgehead atoms. The second-order valence-electron chi connectivity index (χ2n) is 5.58. The number of carboxylic acid groups (broad SMARTS) is 1. The van der Waals surface area contributed by atoms with Gasteiger partial charge in [0.15, 0.2) is 0 Å². The van der Waals surface area contributed by atoms with Crippen molar-refractivity contribution in [3.05, 3.63) is 52.5 Å². The van der Waals surface area contributed by atoms with Crippen LogP contribution in [0.15, 0.2) is 47.4 Å². The van der Waals surface area contributed by atoms with Crippen molar-refractivity contribution in [3.63, 3.8) is 0 Å². The van der Waals surface area contributed by atoms with Gasteiger partial charge in [0, 0.05) is 0 Å². The van der Waals surface area contributed by atoms with Crippen molar-refractivity contribution in [2.45, 2.75) is 16.2 Å². The number of amides is 1. The molecule has 26 heavy (non-hydrogen) atoms. The summed E-state index contributed by atoms with van der Waals surface area (Å²) < 4.78 is 26.6. The first-order valence-electron chi connectivity index (χ1n) is 7.28. The molecule has 1 heterocycles. The average molecular weight is 415 g/mol. The lowest BCUT2D eigenvalue weighted by atomic mass is 10.1. The van der Waals surface area contributed by atoms with Crippen LogP contribution in [0.5, 0.6) is 0 Å². The zero-order valence-corrected chi connectivity index (χ0v) is 15.3. The molecule has 10 heteroatoms. The van der Waals surface area contributed by atoms with Gasteiger partial charge in [0.2, 0.25) is 14.7 Å². The second-order valence-corrected chi connectivity index (χ2v) is 8.51. The molecule has 136 valence electrons. The predicted molar refractivity (Wildman–Crippen MR) is 97.3 cm³/mol. The van der Waals surface area contributed by atoms with Gasteiger partial charge in [-0.3, -0.25) is 9.59 Å². The van der Waals surface area contributed by atoms with Crippen molar-refractivity contribution in [1.29, 1.82) is 0 Å². The number of halogens is 2. The molecule has 1 aliphatic heterocycles. The van der Waals surface area contributed by atoms with Crippen molar-refractivity contribution in [3.8, 4) is 0 Å². The van der Waals surface area contributed by atoms with Crippen LogP contribution in [-0.4, -0.2) is 30.3 Å². The van der Waals surface area contributed by atoms with Crippen molar-refractivity contribution < 1.29 is 23.1 Å². The van der Waals surface area contributed by atoms with E-state index in [0.717, 1.165) is 0 Å². The van der Waals surface area contributed by atoms with Gasteiger partial charge in [-0.05, 0) is 24.3 Å². The molecule has 0 aromatic heterocycles. The van der Waals surface area contributed by atoms with Crippen molar-refractivity contribution in [2.75, 3.05) is 10.6 Å². The number of hydrogen-bond donors (Lipinski definition) is 3. The molecule has 3 rings (SSSR count). The fourth-order valence-corrected chi connectivity index (χ4v) is 5.19. The number of carbonyl (C=O) groups excluding carboxylic acids is 1. The lowest BCUT2D eigenvalue weighted by Gasteiger charge is -2.37. The average Bonchev–Trinajstić information content (AvgIpc) is 2.57. The highest BCUT2D eigenvalue weighted by Gasteiger charge is 2.56. The Kier molecular flexibility index (Phi) is 4.60. The molecule has 0 fully saturated rings. The van der Waals surface area contributed by atoms with E-state index in [1.165, 1.54) is 24.3 Å². The molecule has 1 amide bonds. The molecular weight excluding hydrogens is 403 g/mol. The summed E-state index contributed by atoms with van der Waals surface area (Å²) in [4.78, 5) is 21.2. The summed E-state index contributed by atoms with van der Waals surface area (Å²) in [5.74, 6) is -2.50. The van der Waals surface area contributed by atoms with Gasteiger partial charge in [0.05, 0.1) is 32.7 Å². The summed E-state index contributed by atoms with van der Waals surface area (Å²) in [6, 6.07) is 10.3. The molecule has 1 atom stereocenters. The van der Waals surface area contributed by atoms with E-state index in [-0.39, 0.29) is 15.7 Å². The first-order chi connectivity index (χ1) is 12.2. The van der Waals surface area contributed by atoms with Gasteiger partial charge in [-0.1, -0.05) is 41.4 Å². The van der Waals surface area contributed by atoms with E-state index < -0.39 is 37.9 Å². The summed E-state index contributed by atoms with van der Waals surface area (Å²) >= 11 is 11.9. The number of hydrogen-bond acceptors (Lipinski definition) is 5. The second kappa shape index (κ2) is 6.46. The first-order valence-corrected chi connectivity index (χ1v) is 9.52. The fraction of sp³-hybridized carbons (Fsp3) is 0.125. The first kappa shape index (κ1) is 18.5. The normalized spacial score (nSPS) is 19.2. The molecule has 7 nitrogen and oxygen atoms in total. The van der Waals surface area contributed by atoms with Gasteiger partial charge in [0.1, 0.15) is 0 Å². The summed E-state index contributed by atoms with van der Waals surface area (Å²) in [5.41, 5.74) is 0.612. The highest BCUT2D eigenvalue weighted by atomic mass is 35.5. The minimum absolute atomic E-state index is 0.0326. The summed E-state index contributed by atoms with van der Waals surface area (Å²) in [6.45, 7) is 0. The van der Waals surface area contributed by atoms with Gasteiger partial charge in [-0.2, -0.15) is 0 Å². The molecule has 0 aliphatic carbocycles. The molecule has 3 N–H and O–H groups in total. The third kappa shape index (κ3) is 2.80. The Balaban J connectivity index is 2.25. The van der Waals surface area contributed by atoms with E-state index in [9.17, 15) is 23.1 Å². The third-order valence-electron chi connectivity index (χ3n) is 3.94. The monoisotopic (exact) mass is 414 g/mol. The largest absolute Gasteiger partial charge is 0.481 e. The van der Waals surface area contributed by atoms with E-state index in [1.54, 1.807) is 18.2 Å². The number of rotatable bonds is 4. The van der Waals surface area contributed by atoms with E-state index in [4.69, 9.17) is 23.2 Å². The number of carbonyl (C=O) groups is 2. The number of carboxylic acids is 1. The van der Waals surface area contributed by atoms with Crippen LogP contribution in [0, 0.1) is 0 Å². The minimum atomic E-state index is -4.58. The van der Waals surface area contributed by atoms with Crippen LogP contribution >= 0.6 is 23.2 Å². The minimum Gasteiger partial charge on any atom is -0.481 e. The topological polar surface area (TPSA) is 113 Å². The Morgan fingerprint density at radius 3 is 2.38 bits per heavy atom. The van der Waals surface area contributed by atoms with Crippen molar-refractivity contribution in [1.82, 2.24) is 0 Å².